The number of hydrogen-bond donors (Lipinski definition) is 1. The minimum Gasteiger partial charge on any atom is -0.492 e. The summed E-state index contributed by atoms with van der Waals surface area (Å²) in [5.41, 5.74) is 1.40. The Hall–Kier alpha value is -2.34. The van der Waals surface area contributed by atoms with Gasteiger partial charge in [0.05, 0.1) is 22.3 Å². The maximum absolute atomic E-state index is 12.6. The number of carbonyl (C=O) groups excluding carboxylic acids is 2. The minimum atomic E-state index is -0.292. The maximum atomic E-state index is 12.6. The first-order valence-corrected chi connectivity index (χ1v) is 9.13. The molecule has 2 rings (SSSR count). The molecule has 0 fully saturated rings. The standard InChI is InChI=1S/C20H23BrN2O3/c1-13(2)12-26-18-10-9-14(11-16(18)21)19(24)22-17-8-6-5-7-15(17)20(25)23(3)4/h5-11,13H,12H2,1-4H3,(H,22,24). The maximum Gasteiger partial charge on any atom is 0.255 e. The highest BCUT2D eigenvalue weighted by Crippen LogP contribution is 2.27. The van der Waals surface area contributed by atoms with E-state index in [-0.39, 0.29) is 11.8 Å². The Morgan fingerprint density at radius 3 is 2.46 bits per heavy atom. The van der Waals surface area contributed by atoms with Crippen LogP contribution in [0.1, 0.15) is 34.6 Å². The van der Waals surface area contributed by atoms with Crippen molar-refractivity contribution in [1.82, 2.24) is 4.90 Å². The van der Waals surface area contributed by atoms with Gasteiger partial charge in [-0.3, -0.25) is 9.59 Å². The second-order valence-electron chi connectivity index (χ2n) is 6.55. The van der Waals surface area contributed by atoms with E-state index in [2.05, 4.69) is 35.1 Å². The van der Waals surface area contributed by atoms with Crippen LogP contribution in [0.4, 0.5) is 5.69 Å². The predicted molar refractivity (Wildman–Crippen MR) is 107 cm³/mol. The minimum absolute atomic E-state index is 0.167. The molecule has 0 atom stereocenters. The number of benzene rings is 2. The quantitative estimate of drug-likeness (QED) is 0.753. The van der Waals surface area contributed by atoms with Crippen LogP contribution in [0.25, 0.3) is 0 Å². The summed E-state index contributed by atoms with van der Waals surface area (Å²) < 4.78 is 6.41. The van der Waals surface area contributed by atoms with E-state index in [9.17, 15) is 9.59 Å². The van der Waals surface area contributed by atoms with Crippen molar-refractivity contribution in [3.63, 3.8) is 0 Å². The number of hydrogen-bond acceptors (Lipinski definition) is 3. The number of para-hydroxylation sites is 1. The SMILES string of the molecule is CC(C)COc1ccc(C(=O)Nc2ccccc2C(=O)N(C)C)cc1Br. The molecular weight excluding hydrogens is 396 g/mol. The fourth-order valence-corrected chi connectivity index (χ4v) is 2.72. The first-order valence-electron chi connectivity index (χ1n) is 8.34. The van der Waals surface area contributed by atoms with Gasteiger partial charge in [0, 0.05) is 19.7 Å². The van der Waals surface area contributed by atoms with Crippen LogP contribution in [0.2, 0.25) is 0 Å². The summed E-state index contributed by atoms with van der Waals surface area (Å²) in [4.78, 5) is 26.3. The van der Waals surface area contributed by atoms with Crippen LogP contribution in [0, 0.1) is 5.92 Å². The van der Waals surface area contributed by atoms with E-state index < -0.39 is 0 Å². The van der Waals surface area contributed by atoms with Gasteiger partial charge in [0.2, 0.25) is 0 Å². The Bertz CT molecular complexity index is 803. The van der Waals surface area contributed by atoms with Crippen molar-refractivity contribution in [1.29, 1.82) is 0 Å². The Balaban J connectivity index is 2.18. The Morgan fingerprint density at radius 1 is 1.15 bits per heavy atom. The van der Waals surface area contributed by atoms with E-state index in [4.69, 9.17) is 4.74 Å². The number of carbonyl (C=O) groups is 2. The highest BCUT2D eigenvalue weighted by Gasteiger charge is 2.16. The number of ether oxygens (including phenoxy) is 1. The number of rotatable bonds is 6. The molecule has 0 aromatic heterocycles. The van der Waals surface area contributed by atoms with E-state index in [0.29, 0.717) is 39.6 Å². The van der Waals surface area contributed by atoms with Crippen LogP contribution >= 0.6 is 15.9 Å². The molecule has 2 amide bonds. The van der Waals surface area contributed by atoms with Crippen molar-refractivity contribution in [2.45, 2.75) is 13.8 Å². The fourth-order valence-electron chi connectivity index (χ4n) is 2.23. The Kier molecular flexibility index (Phi) is 6.80. The molecule has 0 heterocycles. The molecular formula is C20H23BrN2O3. The summed E-state index contributed by atoms with van der Waals surface area (Å²) in [6.45, 7) is 4.74. The Labute approximate surface area is 162 Å². The number of nitrogens with one attached hydrogen (secondary N) is 1. The molecule has 6 heteroatoms. The van der Waals surface area contributed by atoms with Gasteiger partial charge < -0.3 is 15.0 Å². The Morgan fingerprint density at radius 2 is 1.85 bits per heavy atom. The van der Waals surface area contributed by atoms with Crippen LogP contribution < -0.4 is 10.1 Å². The molecule has 26 heavy (non-hydrogen) atoms. The lowest BCUT2D eigenvalue weighted by molar-refractivity contribution is 0.0828. The molecule has 0 aliphatic heterocycles. The molecule has 0 saturated carbocycles. The summed E-state index contributed by atoms with van der Waals surface area (Å²) in [7, 11) is 3.35. The van der Waals surface area contributed by atoms with Gasteiger partial charge in [-0.1, -0.05) is 26.0 Å². The molecule has 0 aliphatic rings. The van der Waals surface area contributed by atoms with Crippen molar-refractivity contribution >= 4 is 33.4 Å². The largest absolute Gasteiger partial charge is 0.492 e. The number of nitrogens with zero attached hydrogens (tertiary/aromatic N) is 1. The molecule has 1 N–H and O–H groups in total. The molecule has 0 saturated heterocycles. The summed E-state index contributed by atoms with van der Waals surface area (Å²) >= 11 is 3.44. The van der Waals surface area contributed by atoms with E-state index in [1.54, 1.807) is 56.6 Å². The molecule has 2 aromatic carbocycles. The smallest absolute Gasteiger partial charge is 0.255 e. The average molecular weight is 419 g/mol. The molecule has 0 aliphatic carbocycles. The first-order chi connectivity index (χ1) is 12.3. The second-order valence-corrected chi connectivity index (χ2v) is 7.40. The summed E-state index contributed by atoms with van der Waals surface area (Å²) in [5, 5.41) is 2.81. The van der Waals surface area contributed by atoms with E-state index >= 15 is 0 Å². The van der Waals surface area contributed by atoms with Crippen molar-refractivity contribution in [3.8, 4) is 5.75 Å². The summed E-state index contributed by atoms with van der Waals surface area (Å²) in [6, 6.07) is 12.1. The van der Waals surface area contributed by atoms with Gasteiger partial charge in [-0.05, 0) is 52.2 Å². The number of amides is 2. The topological polar surface area (TPSA) is 58.6 Å². The lowest BCUT2D eigenvalue weighted by Crippen LogP contribution is -2.24. The third kappa shape index (κ3) is 5.08. The molecule has 138 valence electrons. The van der Waals surface area contributed by atoms with E-state index in [1.165, 1.54) is 4.90 Å². The fraction of sp³-hybridized carbons (Fsp3) is 0.300. The zero-order valence-electron chi connectivity index (χ0n) is 15.4. The lowest BCUT2D eigenvalue weighted by Gasteiger charge is -2.15. The molecule has 0 unspecified atom stereocenters. The van der Waals surface area contributed by atoms with Crippen LogP contribution in [0.15, 0.2) is 46.9 Å². The molecule has 5 nitrogen and oxygen atoms in total. The van der Waals surface area contributed by atoms with Crippen LogP contribution in [-0.2, 0) is 0 Å². The molecule has 2 aromatic rings. The zero-order valence-corrected chi connectivity index (χ0v) is 17.0. The van der Waals surface area contributed by atoms with Gasteiger partial charge in [-0.15, -0.1) is 0 Å². The molecule has 0 radical (unpaired) electrons. The second kappa shape index (κ2) is 8.85. The van der Waals surface area contributed by atoms with Gasteiger partial charge in [0.15, 0.2) is 0 Å². The van der Waals surface area contributed by atoms with Crippen LogP contribution in [-0.4, -0.2) is 37.4 Å². The van der Waals surface area contributed by atoms with E-state index in [1.807, 2.05) is 0 Å². The molecule has 0 bridgehead atoms. The third-order valence-corrected chi connectivity index (χ3v) is 4.20. The highest BCUT2D eigenvalue weighted by molar-refractivity contribution is 9.10. The average Bonchev–Trinajstić information content (AvgIpc) is 2.60. The molecule has 0 spiro atoms. The van der Waals surface area contributed by atoms with Gasteiger partial charge in [-0.2, -0.15) is 0 Å². The van der Waals surface area contributed by atoms with Crippen LogP contribution in [0.5, 0.6) is 5.75 Å². The van der Waals surface area contributed by atoms with Crippen molar-refractivity contribution < 1.29 is 14.3 Å². The number of anilines is 1. The normalized spacial score (nSPS) is 10.5. The number of halogens is 1. The van der Waals surface area contributed by atoms with Crippen molar-refractivity contribution in [2.24, 2.45) is 5.92 Å². The summed E-state index contributed by atoms with van der Waals surface area (Å²) in [5.74, 6) is 0.647. The van der Waals surface area contributed by atoms with Gasteiger partial charge in [0.25, 0.3) is 11.8 Å². The monoisotopic (exact) mass is 418 g/mol. The summed E-state index contributed by atoms with van der Waals surface area (Å²) in [6.07, 6.45) is 0. The first kappa shape index (κ1) is 20.0. The van der Waals surface area contributed by atoms with Crippen molar-refractivity contribution in [3.05, 3.63) is 58.1 Å². The lowest BCUT2D eigenvalue weighted by atomic mass is 10.1. The van der Waals surface area contributed by atoms with Crippen LogP contribution in [0.3, 0.4) is 0 Å². The van der Waals surface area contributed by atoms with E-state index in [0.717, 1.165) is 0 Å². The van der Waals surface area contributed by atoms with Gasteiger partial charge >= 0.3 is 0 Å². The van der Waals surface area contributed by atoms with Crippen molar-refractivity contribution in [2.75, 3.05) is 26.0 Å². The predicted octanol–water partition coefficient (Wildman–Crippen LogP) is 4.44. The third-order valence-electron chi connectivity index (χ3n) is 3.58. The van der Waals surface area contributed by atoms with Gasteiger partial charge in [0.1, 0.15) is 5.75 Å². The van der Waals surface area contributed by atoms with Gasteiger partial charge in [-0.25, -0.2) is 0 Å². The highest BCUT2D eigenvalue weighted by atomic mass is 79.9. The zero-order chi connectivity index (χ0) is 19.3.